The Morgan fingerprint density at radius 2 is 1.45 bits per heavy atom. The molecule has 1 aromatic heterocycles. The highest BCUT2D eigenvalue weighted by molar-refractivity contribution is 8.10. The zero-order valence-corrected chi connectivity index (χ0v) is 26.7. The first-order valence-electron chi connectivity index (χ1n) is 13.8. The van der Waals surface area contributed by atoms with Gasteiger partial charge in [0.05, 0.1) is 51.7 Å². The smallest absolute Gasteiger partial charge is 0.357 e. The number of methoxy groups -OCH3 is 4. The van der Waals surface area contributed by atoms with Gasteiger partial charge < -0.3 is 34.2 Å². The number of hydrogen-bond acceptors (Lipinski definition) is 11. The van der Waals surface area contributed by atoms with E-state index in [9.17, 15) is 14.4 Å². The molecule has 0 radical (unpaired) electrons. The fourth-order valence-electron chi connectivity index (χ4n) is 4.78. The van der Waals surface area contributed by atoms with Gasteiger partial charge in [-0.05, 0) is 69.2 Å². The molecule has 2 aromatic carbocycles. The lowest BCUT2D eigenvalue weighted by molar-refractivity contribution is -0.133. The van der Waals surface area contributed by atoms with Gasteiger partial charge in [0.25, 0.3) is 0 Å². The molecule has 4 rings (SSSR count). The van der Waals surface area contributed by atoms with E-state index in [2.05, 4.69) is 0 Å². The highest BCUT2D eigenvalue weighted by atomic mass is 32.2. The monoisotopic (exact) mass is 624 g/mol. The first kappa shape index (κ1) is 32.3. The summed E-state index contributed by atoms with van der Waals surface area (Å²) in [6.07, 6.45) is 1.42. The van der Waals surface area contributed by atoms with Gasteiger partial charge in [-0.1, -0.05) is 23.9 Å². The van der Waals surface area contributed by atoms with Crippen molar-refractivity contribution < 1.29 is 42.8 Å². The summed E-state index contributed by atoms with van der Waals surface area (Å²) in [6.45, 7) is 7.54. The zero-order chi connectivity index (χ0) is 32.3. The SMILES string of the molecule is COC(=O)C1=c2/c(=C/c3ccc(OC)c(OC(C)C)c3)c(N)c(C(=O)OC)n2C(=O)C(c2ccc(OC(C)C)c(OC)c2)S1. The van der Waals surface area contributed by atoms with Crippen LogP contribution >= 0.6 is 11.8 Å². The van der Waals surface area contributed by atoms with E-state index in [0.29, 0.717) is 34.1 Å². The summed E-state index contributed by atoms with van der Waals surface area (Å²) in [5.74, 6) is -0.155. The van der Waals surface area contributed by atoms with Crippen LogP contribution in [0.15, 0.2) is 36.4 Å². The quantitative estimate of drug-likeness (QED) is 0.331. The minimum absolute atomic E-state index is 0.0386. The Balaban J connectivity index is 2.02. The summed E-state index contributed by atoms with van der Waals surface area (Å²) >= 11 is 0.994. The lowest BCUT2D eigenvalue weighted by Gasteiger charge is -2.24. The van der Waals surface area contributed by atoms with Crippen LogP contribution in [-0.2, 0) is 14.3 Å². The molecule has 0 saturated heterocycles. The lowest BCUT2D eigenvalue weighted by atomic mass is 10.1. The highest BCUT2D eigenvalue weighted by Crippen LogP contribution is 2.42. The van der Waals surface area contributed by atoms with E-state index in [4.69, 9.17) is 34.2 Å². The van der Waals surface area contributed by atoms with Crippen molar-refractivity contribution in [1.29, 1.82) is 0 Å². The fourth-order valence-corrected chi connectivity index (χ4v) is 6.00. The number of nitrogens with two attached hydrogens (primary N) is 1. The number of anilines is 1. The molecule has 1 aliphatic heterocycles. The van der Waals surface area contributed by atoms with Crippen LogP contribution in [-0.4, -0.2) is 63.1 Å². The molecule has 234 valence electrons. The molecule has 0 saturated carbocycles. The van der Waals surface area contributed by atoms with Crippen molar-refractivity contribution in [3.05, 3.63) is 63.8 Å². The number of nitrogens with zero attached hydrogens (tertiary/aromatic N) is 1. The number of carbonyl (C=O) groups is 3. The first-order valence-corrected chi connectivity index (χ1v) is 14.7. The van der Waals surface area contributed by atoms with E-state index >= 15 is 0 Å². The number of hydrogen-bond donors (Lipinski definition) is 1. The predicted molar refractivity (Wildman–Crippen MR) is 167 cm³/mol. The maximum Gasteiger partial charge on any atom is 0.357 e. The summed E-state index contributed by atoms with van der Waals surface area (Å²) in [5, 5.41) is -0.576. The molecule has 2 heterocycles. The Morgan fingerprint density at radius 1 is 0.841 bits per heavy atom. The predicted octanol–water partition coefficient (Wildman–Crippen LogP) is 3.69. The van der Waals surface area contributed by atoms with Gasteiger partial charge in [-0.2, -0.15) is 0 Å². The van der Waals surface area contributed by atoms with Crippen LogP contribution in [0.3, 0.4) is 0 Å². The first-order chi connectivity index (χ1) is 20.9. The van der Waals surface area contributed by atoms with E-state index < -0.39 is 23.1 Å². The Bertz CT molecular complexity index is 1730. The molecule has 1 unspecified atom stereocenters. The van der Waals surface area contributed by atoms with Crippen LogP contribution in [0.2, 0.25) is 0 Å². The molecule has 0 fully saturated rings. The zero-order valence-electron chi connectivity index (χ0n) is 25.9. The third-order valence-corrected chi connectivity index (χ3v) is 7.91. The molecular weight excluding hydrogens is 588 g/mol. The Kier molecular flexibility index (Phi) is 9.83. The van der Waals surface area contributed by atoms with Crippen molar-refractivity contribution in [3.8, 4) is 23.0 Å². The summed E-state index contributed by atoms with van der Waals surface area (Å²) < 4.78 is 34.0. The molecule has 0 bridgehead atoms. The van der Waals surface area contributed by atoms with Crippen LogP contribution in [0.5, 0.6) is 23.0 Å². The van der Waals surface area contributed by atoms with E-state index in [1.807, 2.05) is 27.7 Å². The van der Waals surface area contributed by atoms with Crippen molar-refractivity contribution in [3.63, 3.8) is 0 Å². The molecule has 0 aliphatic carbocycles. The number of ether oxygens (including phenoxy) is 6. The van der Waals surface area contributed by atoms with Crippen LogP contribution in [0, 0.1) is 0 Å². The van der Waals surface area contributed by atoms with E-state index in [1.165, 1.54) is 28.4 Å². The average Bonchev–Trinajstić information content (AvgIpc) is 3.28. The van der Waals surface area contributed by atoms with Crippen molar-refractivity contribution in [2.75, 3.05) is 34.2 Å². The highest BCUT2D eigenvalue weighted by Gasteiger charge is 2.38. The van der Waals surface area contributed by atoms with Crippen molar-refractivity contribution in [2.24, 2.45) is 0 Å². The molecule has 0 spiro atoms. The number of fused-ring (bicyclic) bond motifs is 1. The summed E-state index contributed by atoms with van der Waals surface area (Å²) in [6, 6.07) is 10.3. The van der Waals surface area contributed by atoms with Gasteiger partial charge in [0.1, 0.15) is 10.2 Å². The summed E-state index contributed by atoms with van der Waals surface area (Å²) in [7, 11) is 5.46. The maximum atomic E-state index is 14.2. The van der Waals surface area contributed by atoms with Crippen molar-refractivity contribution >= 4 is 46.3 Å². The van der Waals surface area contributed by atoms with E-state index in [1.54, 1.807) is 42.5 Å². The van der Waals surface area contributed by atoms with Crippen LogP contribution < -0.4 is 35.2 Å². The maximum absolute atomic E-state index is 14.2. The standard InChI is InChI=1S/C32H36N2O9S/c1-16(2)42-22-12-10-19(15-23(22)39-6)28-30(35)34-26(29(44-28)32(37)41-8)20(25(33)27(34)31(36)40-7)13-18-9-11-21(38-5)24(14-18)43-17(3)4/h9-17,28H,33H2,1-8H3/b20-13+. The van der Waals surface area contributed by atoms with E-state index in [-0.39, 0.29) is 39.1 Å². The lowest BCUT2D eigenvalue weighted by Crippen LogP contribution is -2.42. The van der Waals surface area contributed by atoms with Gasteiger partial charge >= 0.3 is 11.9 Å². The molecule has 1 atom stereocenters. The number of nitrogen functional groups attached to an aromatic ring is 1. The molecule has 11 nitrogen and oxygen atoms in total. The van der Waals surface area contributed by atoms with Crippen LogP contribution in [0.4, 0.5) is 5.69 Å². The second-order valence-electron chi connectivity index (χ2n) is 10.3. The van der Waals surface area contributed by atoms with E-state index in [0.717, 1.165) is 16.3 Å². The van der Waals surface area contributed by atoms with Gasteiger partial charge in [-0.25, -0.2) is 9.59 Å². The van der Waals surface area contributed by atoms with Gasteiger partial charge in [-0.3, -0.25) is 9.36 Å². The molecule has 44 heavy (non-hydrogen) atoms. The molecule has 3 aromatic rings. The number of esters is 2. The van der Waals surface area contributed by atoms with Crippen molar-refractivity contribution in [2.45, 2.75) is 45.2 Å². The molecule has 1 aliphatic rings. The topological polar surface area (TPSA) is 138 Å². The van der Waals surface area contributed by atoms with Gasteiger partial charge in [0.15, 0.2) is 28.7 Å². The molecule has 2 N–H and O–H groups in total. The molecule has 12 heteroatoms. The largest absolute Gasteiger partial charge is 0.493 e. The number of thioether (sulfide) groups is 1. The Morgan fingerprint density at radius 3 is 2.05 bits per heavy atom. The van der Waals surface area contributed by atoms with Crippen molar-refractivity contribution in [1.82, 2.24) is 4.57 Å². The third-order valence-electron chi connectivity index (χ3n) is 6.61. The minimum atomic E-state index is -0.964. The fraction of sp³-hybridized carbons (Fsp3) is 0.344. The van der Waals surface area contributed by atoms with Crippen LogP contribution in [0.1, 0.15) is 59.4 Å². The summed E-state index contributed by atoms with van der Waals surface area (Å²) in [4.78, 5) is 40.7. The second-order valence-corrected chi connectivity index (χ2v) is 11.4. The molecular formula is C32H36N2O9S. The minimum Gasteiger partial charge on any atom is -0.493 e. The van der Waals surface area contributed by atoms with Crippen LogP contribution in [0.25, 0.3) is 11.0 Å². The Labute approximate surface area is 259 Å². The number of aromatic nitrogens is 1. The van der Waals surface area contributed by atoms with Gasteiger partial charge in [-0.15, -0.1) is 0 Å². The Hall–Kier alpha value is -4.58. The van der Waals surface area contributed by atoms with Gasteiger partial charge in [0, 0.05) is 5.22 Å². The summed E-state index contributed by atoms with van der Waals surface area (Å²) in [5.41, 5.74) is 7.46. The number of benzene rings is 2. The average molecular weight is 625 g/mol. The number of rotatable bonds is 10. The van der Waals surface area contributed by atoms with Gasteiger partial charge in [0.2, 0.25) is 5.91 Å². The molecule has 0 amide bonds. The third kappa shape index (κ3) is 6.21. The normalized spacial score (nSPS) is 14.9. The second kappa shape index (κ2) is 13.4. The number of carbonyl (C=O) groups excluding carboxylic acids is 3.